The van der Waals surface area contributed by atoms with Gasteiger partial charge in [-0.3, -0.25) is 14.6 Å². The number of hydrogen-bond donors (Lipinski definition) is 1. The van der Waals surface area contributed by atoms with E-state index in [2.05, 4.69) is 5.43 Å². The Balaban J connectivity index is 2.22. The lowest BCUT2D eigenvalue weighted by Gasteiger charge is -2.29. The first-order valence-corrected chi connectivity index (χ1v) is 7.90. The minimum atomic E-state index is -0.251. The number of hydrogen-bond acceptors (Lipinski definition) is 3. The minimum Gasteiger partial charge on any atom is -0.304 e. The van der Waals surface area contributed by atoms with Crippen LogP contribution in [0.15, 0.2) is 53.3 Å². The quantitative estimate of drug-likeness (QED) is 0.741. The smallest absolute Gasteiger partial charge is 0.285 e. The number of rotatable bonds is 1. The summed E-state index contributed by atoms with van der Waals surface area (Å²) >= 11 is 6.16. The lowest BCUT2D eigenvalue weighted by atomic mass is 10.0. The Kier molecular flexibility index (Phi) is 3.40. The summed E-state index contributed by atoms with van der Waals surface area (Å²) in [5, 5.41) is 2.46. The van der Waals surface area contributed by atoms with E-state index in [1.165, 1.54) is 5.01 Å². The van der Waals surface area contributed by atoms with Gasteiger partial charge in [-0.1, -0.05) is 29.8 Å². The Labute approximate surface area is 143 Å². The van der Waals surface area contributed by atoms with Crippen LogP contribution in [0.3, 0.4) is 0 Å². The molecule has 1 amide bonds. The van der Waals surface area contributed by atoms with Crippen LogP contribution in [0.5, 0.6) is 0 Å². The van der Waals surface area contributed by atoms with E-state index in [-0.39, 0.29) is 11.3 Å². The Morgan fingerprint density at radius 2 is 1.83 bits per heavy atom. The molecule has 1 aliphatic heterocycles. The van der Waals surface area contributed by atoms with E-state index >= 15 is 0 Å². The lowest BCUT2D eigenvalue weighted by molar-refractivity contribution is 0.0674. The number of fused-ring (bicyclic) bond motifs is 2. The zero-order chi connectivity index (χ0) is 16.8. The molecule has 2 aromatic carbocycles. The van der Waals surface area contributed by atoms with Gasteiger partial charge in [0.25, 0.3) is 5.91 Å². The molecule has 0 fully saturated rings. The van der Waals surface area contributed by atoms with Crippen molar-refractivity contribution in [1.82, 2.24) is 15.0 Å². The number of pyridine rings is 1. The Morgan fingerprint density at radius 1 is 1.08 bits per heavy atom. The molecule has 1 N–H and O–H groups in total. The van der Waals surface area contributed by atoms with E-state index in [0.29, 0.717) is 33.7 Å². The van der Waals surface area contributed by atoms with Crippen molar-refractivity contribution < 1.29 is 4.79 Å². The Morgan fingerprint density at radius 3 is 2.58 bits per heavy atom. The van der Waals surface area contributed by atoms with Crippen LogP contribution >= 0.6 is 11.6 Å². The fourth-order valence-electron chi connectivity index (χ4n) is 3.07. The molecular weight excluding hydrogens is 326 g/mol. The first-order valence-electron chi connectivity index (χ1n) is 7.52. The Hall–Kier alpha value is -2.63. The number of benzene rings is 2. The summed E-state index contributed by atoms with van der Waals surface area (Å²) in [6.07, 6.45) is 0. The molecule has 5 nitrogen and oxygen atoms in total. The van der Waals surface area contributed by atoms with Crippen LogP contribution in [0, 0.1) is 0 Å². The summed E-state index contributed by atoms with van der Waals surface area (Å²) in [6.45, 7) is 0.307. The summed E-state index contributed by atoms with van der Waals surface area (Å²) in [4.78, 5) is 25.6. The van der Waals surface area contributed by atoms with Gasteiger partial charge in [0, 0.05) is 35.3 Å². The molecule has 1 aliphatic rings. The molecule has 0 radical (unpaired) electrons. The summed E-state index contributed by atoms with van der Waals surface area (Å²) in [6, 6.07) is 14.6. The maximum Gasteiger partial charge on any atom is 0.285 e. The summed E-state index contributed by atoms with van der Waals surface area (Å²) in [5.74, 6) is -0.251. The van der Waals surface area contributed by atoms with Gasteiger partial charge in [0.1, 0.15) is 5.69 Å². The van der Waals surface area contributed by atoms with Gasteiger partial charge in [-0.2, -0.15) is 0 Å². The van der Waals surface area contributed by atoms with E-state index in [0.717, 1.165) is 5.69 Å². The first kappa shape index (κ1) is 14.9. The number of para-hydroxylation sites is 1. The van der Waals surface area contributed by atoms with E-state index in [1.54, 1.807) is 25.2 Å². The number of nitrogens with zero attached hydrogens (tertiary/aromatic N) is 2. The highest BCUT2D eigenvalue weighted by Gasteiger charge is 2.29. The third-order valence-electron chi connectivity index (χ3n) is 4.24. The van der Waals surface area contributed by atoms with Crippen molar-refractivity contribution in [2.24, 2.45) is 0 Å². The van der Waals surface area contributed by atoms with Gasteiger partial charge in [0.2, 0.25) is 0 Å². The Bertz CT molecular complexity index is 1030. The highest BCUT2D eigenvalue weighted by atomic mass is 35.5. The molecule has 0 saturated heterocycles. The predicted octanol–water partition coefficient (Wildman–Crippen LogP) is 2.73. The zero-order valence-electron chi connectivity index (χ0n) is 12.9. The molecule has 2 heterocycles. The molecular formula is C18H14ClN3O2. The molecule has 1 aromatic heterocycles. The largest absolute Gasteiger partial charge is 0.304 e. The molecule has 0 unspecified atom stereocenters. The fourth-order valence-corrected chi connectivity index (χ4v) is 3.24. The van der Waals surface area contributed by atoms with Gasteiger partial charge < -0.3 is 4.57 Å². The monoisotopic (exact) mass is 339 g/mol. The third kappa shape index (κ3) is 2.13. The highest BCUT2D eigenvalue weighted by Crippen LogP contribution is 2.26. The van der Waals surface area contributed by atoms with Gasteiger partial charge in [0.15, 0.2) is 5.43 Å². The molecule has 0 spiro atoms. The first-order chi connectivity index (χ1) is 11.6. The molecule has 3 aromatic rings. The van der Waals surface area contributed by atoms with Crippen LogP contribution in [0.4, 0.5) is 0 Å². The predicted molar refractivity (Wildman–Crippen MR) is 93.5 cm³/mol. The maximum absolute atomic E-state index is 12.9. The van der Waals surface area contributed by atoms with Gasteiger partial charge in [-0.15, -0.1) is 0 Å². The van der Waals surface area contributed by atoms with Crippen LogP contribution < -0.4 is 10.9 Å². The number of amides is 1. The van der Waals surface area contributed by atoms with Crippen LogP contribution in [-0.2, 0) is 6.54 Å². The molecule has 120 valence electrons. The van der Waals surface area contributed by atoms with E-state index in [4.69, 9.17) is 11.6 Å². The average Bonchev–Trinajstić information content (AvgIpc) is 2.59. The molecule has 24 heavy (non-hydrogen) atoms. The maximum atomic E-state index is 12.9. The normalized spacial score (nSPS) is 14.1. The second kappa shape index (κ2) is 5.47. The standard InChI is InChI=1S/C18H14ClN3O2/c1-21-18(24)16-14(10-20-21)17(23)13-8-7-11(19)9-15(13)22(16)12-5-3-2-4-6-12/h2-9,20H,10H2,1H3. The van der Waals surface area contributed by atoms with Gasteiger partial charge in [0.05, 0.1) is 5.52 Å². The van der Waals surface area contributed by atoms with E-state index in [9.17, 15) is 9.59 Å². The van der Waals surface area contributed by atoms with Gasteiger partial charge >= 0.3 is 0 Å². The molecule has 0 bridgehead atoms. The van der Waals surface area contributed by atoms with Crippen molar-refractivity contribution >= 4 is 28.4 Å². The second-order valence-corrected chi connectivity index (χ2v) is 6.12. The number of aromatic nitrogens is 1. The molecule has 0 aliphatic carbocycles. The second-order valence-electron chi connectivity index (χ2n) is 5.69. The summed E-state index contributed by atoms with van der Waals surface area (Å²) in [5.41, 5.74) is 5.07. The van der Waals surface area contributed by atoms with Gasteiger partial charge in [-0.25, -0.2) is 5.43 Å². The van der Waals surface area contributed by atoms with Crippen molar-refractivity contribution in [2.45, 2.75) is 6.54 Å². The molecule has 0 atom stereocenters. The SMILES string of the molecule is CN1NCc2c(n(-c3ccccc3)c3cc(Cl)ccc3c2=O)C1=O. The number of halogens is 1. The van der Waals surface area contributed by atoms with Crippen LogP contribution in [0.25, 0.3) is 16.6 Å². The van der Waals surface area contributed by atoms with Gasteiger partial charge in [-0.05, 0) is 30.3 Å². The highest BCUT2D eigenvalue weighted by molar-refractivity contribution is 6.31. The number of carbonyl (C=O) groups excluding carboxylic acids is 1. The van der Waals surface area contributed by atoms with Crippen molar-refractivity contribution in [3.63, 3.8) is 0 Å². The molecule has 0 saturated carbocycles. The lowest BCUT2D eigenvalue weighted by Crippen LogP contribution is -2.47. The van der Waals surface area contributed by atoms with E-state index in [1.807, 2.05) is 34.9 Å². The average molecular weight is 340 g/mol. The topological polar surface area (TPSA) is 54.3 Å². The van der Waals surface area contributed by atoms with Crippen molar-refractivity contribution in [2.75, 3.05) is 7.05 Å². The van der Waals surface area contributed by atoms with Crippen molar-refractivity contribution in [1.29, 1.82) is 0 Å². The zero-order valence-corrected chi connectivity index (χ0v) is 13.7. The minimum absolute atomic E-state index is 0.141. The van der Waals surface area contributed by atoms with Crippen LogP contribution in [0.1, 0.15) is 16.1 Å². The number of carbonyl (C=O) groups is 1. The van der Waals surface area contributed by atoms with Crippen LogP contribution in [-0.4, -0.2) is 22.5 Å². The summed E-state index contributed by atoms with van der Waals surface area (Å²) in [7, 11) is 1.65. The van der Waals surface area contributed by atoms with Crippen LogP contribution in [0.2, 0.25) is 5.02 Å². The van der Waals surface area contributed by atoms with E-state index < -0.39 is 0 Å². The van der Waals surface area contributed by atoms with Crippen molar-refractivity contribution in [3.05, 3.63) is 75.0 Å². The number of hydrazine groups is 1. The van der Waals surface area contributed by atoms with Crippen molar-refractivity contribution in [3.8, 4) is 5.69 Å². The molecule has 4 rings (SSSR count). The fraction of sp³-hybridized carbons (Fsp3) is 0.111. The summed E-state index contributed by atoms with van der Waals surface area (Å²) < 4.78 is 1.82. The molecule has 6 heteroatoms. The number of nitrogens with one attached hydrogen (secondary N) is 1. The third-order valence-corrected chi connectivity index (χ3v) is 4.48.